The van der Waals surface area contributed by atoms with Gasteiger partial charge in [0.1, 0.15) is 0 Å². The van der Waals surface area contributed by atoms with Crippen molar-refractivity contribution < 1.29 is 19.1 Å². The Bertz CT molecular complexity index is 238. The summed E-state index contributed by atoms with van der Waals surface area (Å²) in [5.74, 6) is -0.918. The van der Waals surface area contributed by atoms with E-state index in [-0.39, 0.29) is 18.0 Å². The largest absolute Gasteiger partial charge is 0.465 e. The van der Waals surface area contributed by atoms with Crippen molar-refractivity contribution in [1.29, 1.82) is 0 Å². The van der Waals surface area contributed by atoms with Crippen LogP contribution < -0.4 is 0 Å². The van der Waals surface area contributed by atoms with E-state index in [0.717, 1.165) is 0 Å². The van der Waals surface area contributed by atoms with Gasteiger partial charge < -0.3 is 9.47 Å². The monoisotopic (exact) mass is 278 g/mol. The average Bonchev–Trinajstić information content (AvgIpc) is 2.13. The van der Waals surface area contributed by atoms with E-state index in [0.29, 0.717) is 12.8 Å². The number of carbonyl (C=O) groups is 2. The minimum absolute atomic E-state index is 0.200. The number of ether oxygens (including phenoxy) is 2. The lowest BCUT2D eigenvalue weighted by Gasteiger charge is -2.40. The fourth-order valence-electron chi connectivity index (χ4n) is 1.65. The minimum Gasteiger partial charge on any atom is -0.465 e. The maximum Gasteiger partial charge on any atom is 0.323 e. The fourth-order valence-corrected chi connectivity index (χ4v) is 2.76. The van der Waals surface area contributed by atoms with Crippen LogP contribution in [0.25, 0.3) is 0 Å². The van der Waals surface area contributed by atoms with Gasteiger partial charge in [-0.3, -0.25) is 9.59 Å². The molecule has 0 aromatic carbocycles. The van der Waals surface area contributed by atoms with E-state index in [1.54, 1.807) is 13.8 Å². The van der Waals surface area contributed by atoms with Gasteiger partial charge in [0.2, 0.25) is 0 Å². The second-order valence-corrected chi connectivity index (χ2v) is 4.82. The van der Waals surface area contributed by atoms with Crippen molar-refractivity contribution in [2.75, 3.05) is 13.2 Å². The summed E-state index contributed by atoms with van der Waals surface area (Å²) in [6, 6.07) is 0. The van der Waals surface area contributed by atoms with E-state index in [4.69, 9.17) is 9.47 Å². The van der Waals surface area contributed by atoms with E-state index < -0.39 is 17.4 Å². The third-order valence-electron chi connectivity index (χ3n) is 2.47. The lowest BCUT2D eigenvalue weighted by Crippen LogP contribution is -2.52. The number of hydrogen-bond donors (Lipinski definition) is 0. The highest BCUT2D eigenvalue weighted by Gasteiger charge is 2.57. The summed E-state index contributed by atoms with van der Waals surface area (Å²) >= 11 is 3.36. The van der Waals surface area contributed by atoms with Crippen LogP contribution in [0.2, 0.25) is 0 Å². The van der Waals surface area contributed by atoms with E-state index >= 15 is 0 Å². The molecule has 0 aromatic rings. The number of halogens is 1. The molecule has 0 unspecified atom stereocenters. The molecule has 4 nitrogen and oxygen atoms in total. The van der Waals surface area contributed by atoms with Crippen LogP contribution in [-0.2, 0) is 19.1 Å². The minimum atomic E-state index is -1.06. The molecule has 86 valence electrons. The van der Waals surface area contributed by atoms with Gasteiger partial charge >= 0.3 is 11.9 Å². The molecule has 1 aliphatic rings. The zero-order valence-electron chi connectivity index (χ0n) is 8.92. The first-order valence-electron chi connectivity index (χ1n) is 5.05. The molecule has 0 atom stereocenters. The fraction of sp³-hybridized carbons (Fsp3) is 0.800. The van der Waals surface area contributed by atoms with E-state index in [2.05, 4.69) is 15.9 Å². The van der Waals surface area contributed by atoms with Crippen molar-refractivity contribution in [3.05, 3.63) is 0 Å². The summed E-state index contributed by atoms with van der Waals surface area (Å²) in [4.78, 5) is 23.5. The van der Waals surface area contributed by atoms with Gasteiger partial charge in [-0.15, -0.1) is 0 Å². The van der Waals surface area contributed by atoms with E-state index in [9.17, 15) is 9.59 Å². The summed E-state index contributed by atoms with van der Waals surface area (Å²) in [5.41, 5.74) is -1.06. The maximum absolute atomic E-state index is 11.7. The average molecular weight is 279 g/mol. The predicted molar refractivity (Wildman–Crippen MR) is 57.6 cm³/mol. The van der Waals surface area contributed by atoms with Crippen LogP contribution in [0.3, 0.4) is 0 Å². The van der Waals surface area contributed by atoms with Crippen LogP contribution in [0.1, 0.15) is 26.7 Å². The zero-order chi connectivity index (χ0) is 11.5. The smallest absolute Gasteiger partial charge is 0.323 e. The Labute approximate surface area is 97.4 Å². The Hall–Kier alpha value is -0.580. The lowest BCUT2D eigenvalue weighted by molar-refractivity contribution is -0.178. The molecular formula is C10H15BrO4. The van der Waals surface area contributed by atoms with Gasteiger partial charge in [-0.05, 0) is 26.7 Å². The van der Waals surface area contributed by atoms with E-state index in [1.807, 2.05) is 0 Å². The summed E-state index contributed by atoms with van der Waals surface area (Å²) < 4.78 is 9.81. The predicted octanol–water partition coefficient (Wildman–Crippen LogP) is 1.66. The standard InChI is InChI=1S/C10H15BrO4/c1-3-14-8(12)10(5-7(11)6-10)9(13)15-4-2/h7H,3-6H2,1-2H3. The molecule has 0 aliphatic heterocycles. The van der Waals surface area contributed by atoms with Crippen molar-refractivity contribution in [2.45, 2.75) is 31.5 Å². The van der Waals surface area contributed by atoms with Crippen molar-refractivity contribution in [3.8, 4) is 0 Å². The number of alkyl halides is 1. The highest BCUT2D eigenvalue weighted by atomic mass is 79.9. The van der Waals surface area contributed by atoms with Crippen LogP contribution in [0.5, 0.6) is 0 Å². The quantitative estimate of drug-likeness (QED) is 0.446. The normalized spacial score (nSPS) is 19.1. The number of hydrogen-bond acceptors (Lipinski definition) is 4. The van der Waals surface area contributed by atoms with Gasteiger partial charge in [-0.25, -0.2) is 0 Å². The van der Waals surface area contributed by atoms with Crippen LogP contribution in [0.15, 0.2) is 0 Å². The molecule has 0 N–H and O–H groups in total. The van der Waals surface area contributed by atoms with Crippen molar-refractivity contribution in [2.24, 2.45) is 5.41 Å². The molecule has 15 heavy (non-hydrogen) atoms. The molecule has 0 amide bonds. The molecule has 1 saturated carbocycles. The van der Waals surface area contributed by atoms with Gasteiger partial charge in [0.25, 0.3) is 0 Å². The molecule has 0 saturated heterocycles. The molecule has 0 bridgehead atoms. The highest BCUT2D eigenvalue weighted by molar-refractivity contribution is 9.09. The molecule has 1 fully saturated rings. The molecule has 0 heterocycles. The van der Waals surface area contributed by atoms with Crippen LogP contribution in [-0.4, -0.2) is 30.0 Å². The Kier molecular flexibility index (Phi) is 4.13. The maximum atomic E-state index is 11.7. The third kappa shape index (κ3) is 2.33. The Morgan fingerprint density at radius 2 is 1.60 bits per heavy atom. The van der Waals surface area contributed by atoms with E-state index in [1.165, 1.54) is 0 Å². The van der Waals surface area contributed by atoms with Crippen molar-refractivity contribution in [1.82, 2.24) is 0 Å². The van der Waals surface area contributed by atoms with Crippen molar-refractivity contribution in [3.63, 3.8) is 0 Å². The first kappa shape index (κ1) is 12.5. The Morgan fingerprint density at radius 1 is 1.20 bits per heavy atom. The first-order chi connectivity index (χ1) is 7.06. The number of rotatable bonds is 4. The molecule has 0 radical (unpaired) electrons. The van der Waals surface area contributed by atoms with Crippen LogP contribution >= 0.6 is 15.9 Å². The first-order valence-corrected chi connectivity index (χ1v) is 5.97. The SMILES string of the molecule is CCOC(=O)C1(C(=O)OCC)CC(Br)C1. The van der Waals surface area contributed by atoms with Gasteiger partial charge in [0.05, 0.1) is 13.2 Å². The van der Waals surface area contributed by atoms with Gasteiger partial charge in [-0.2, -0.15) is 0 Å². The summed E-state index contributed by atoms with van der Waals surface area (Å²) in [6.45, 7) is 4.02. The summed E-state index contributed by atoms with van der Waals surface area (Å²) in [6.07, 6.45) is 0.926. The Balaban J connectivity index is 2.71. The topological polar surface area (TPSA) is 52.6 Å². The summed E-state index contributed by atoms with van der Waals surface area (Å²) in [5, 5.41) is 0. The summed E-state index contributed by atoms with van der Waals surface area (Å²) in [7, 11) is 0. The molecule has 0 spiro atoms. The second kappa shape index (κ2) is 4.96. The van der Waals surface area contributed by atoms with Crippen LogP contribution in [0.4, 0.5) is 0 Å². The van der Waals surface area contributed by atoms with Crippen LogP contribution in [0, 0.1) is 5.41 Å². The molecule has 0 aromatic heterocycles. The number of carbonyl (C=O) groups excluding carboxylic acids is 2. The molecule has 1 aliphatic carbocycles. The molecular weight excluding hydrogens is 264 g/mol. The van der Waals surface area contributed by atoms with Gasteiger partial charge in [-0.1, -0.05) is 15.9 Å². The zero-order valence-corrected chi connectivity index (χ0v) is 10.5. The van der Waals surface area contributed by atoms with Gasteiger partial charge in [0.15, 0.2) is 5.41 Å². The highest BCUT2D eigenvalue weighted by Crippen LogP contribution is 2.47. The second-order valence-electron chi connectivity index (χ2n) is 3.53. The van der Waals surface area contributed by atoms with Crippen molar-refractivity contribution >= 4 is 27.9 Å². The lowest BCUT2D eigenvalue weighted by atomic mass is 9.68. The number of esters is 2. The molecule has 5 heteroatoms. The van der Waals surface area contributed by atoms with Gasteiger partial charge in [0, 0.05) is 4.83 Å². The molecule has 1 rings (SSSR count). The Morgan fingerprint density at radius 3 is 1.87 bits per heavy atom. The third-order valence-corrected chi connectivity index (χ3v) is 3.12.